The van der Waals surface area contributed by atoms with Gasteiger partial charge in [0, 0.05) is 29.1 Å². The molecule has 26 heavy (non-hydrogen) atoms. The number of nitrogens with zero attached hydrogens (tertiary/aromatic N) is 3. The van der Waals surface area contributed by atoms with Crippen molar-refractivity contribution in [3.8, 4) is 23.1 Å². The van der Waals surface area contributed by atoms with E-state index in [2.05, 4.69) is 28.8 Å². The fourth-order valence-electron chi connectivity index (χ4n) is 2.72. The zero-order chi connectivity index (χ0) is 19.3. The van der Waals surface area contributed by atoms with Gasteiger partial charge >= 0.3 is 12.1 Å². The first-order valence-electron chi connectivity index (χ1n) is 8.35. The van der Waals surface area contributed by atoms with Crippen LogP contribution in [0.5, 0.6) is 11.9 Å². The molecule has 1 amide bonds. The van der Waals surface area contributed by atoms with Gasteiger partial charge in [-0.15, -0.1) is 0 Å². The van der Waals surface area contributed by atoms with E-state index in [-0.39, 0.29) is 6.01 Å². The summed E-state index contributed by atoms with van der Waals surface area (Å²) in [5.41, 5.74) is 13.0. The molecule has 8 nitrogen and oxygen atoms in total. The molecule has 0 spiro atoms. The molecule has 0 aromatic carbocycles. The number of amides is 1. The standard InChI is InChI=1S/C18H25N5O3/c1-11(2)8-18(4,20)10-25-15-12(3)7-13(9-22-15)14-5-6-21-17(23-14)26-16(19)24/h5-7,9,11H,8,10,20H2,1-4H3,(H2,19,24)/t18-/m1/s1. The molecule has 0 bridgehead atoms. The lowest BCUT2D eigenvalue weighted by molar-refractivity contribution is 0.199. The average molecular weight is 359 g/mol. The number of rotatable bonds is 7. The number of hydrogen-bond acceptors (Lipinski definition) is 7. The van der Waals surface area contributed by atoms with Crippen molar-refractivity contribution < 1.29 is 14.3 Å². The van der Waals surface area contributed by atoms with Gasteiger partial charge in [-0.1, -0.05) is 13.8 Å². The molecule has 1 atom stereocenters. The molecule has 0 fully saturated rings. The predicted octanol–water partition coefficient (Wildman–Crippen LogP) is 2.45. The molecule has 0 aliphatic rings. The van der Waals surface area contributed by atoms with Gasteiger partial charge in [-0.25, -0.2) is 14.8 Å². The van der Waals surface area contributed by atoms with Crippen molar-refractivity contribution in [2.24, 2.45) is 17.4 Å². The highest BCUT2D eigenvalue weighted by Crippen LogP contribution is 2.24. The lowest BCUT2D eigenvalue weighted by Crippen LogP contribution is -2.43. The maximum absolute atomic E-state index is 10.8. The van der Waals surface area contributed by atoms with E-state index in [0.717, 1.165) is 17.5 Å². The van der Waals surface area contributed by atoms with Crippen LogP contribution in [0.15, 0.2) is 24.5 Å². The minimum Gasteiger partial charge on any atom is -0.476 e. The number of ether oxygens (including phenoxy) is 2. The Balaban J connectivity index is 2.13. The molecular weight excluding hydrogens is 334 g/mol. The Morgan fingerprint density at radius 2 is 2.08 bits per heavy atom. The Bertz CT molecular complexity index is 777. The Hall–Kier alpha value is -2.74. The summed E-state index contributed by atoms with van der Waals surface area (Å²) in [6, 6.07) is 3.46. The molecule has 0 saturated carbocycles. The van der Waals surface area contributed by atoms with Gasteiger partial charge in [-0.3, -0.25) is 0 Å². The van der Waals surface area contributed by atoms with E-state index in [4.69, 9.17) is 20.9 Å². The second-order valence-electron chi connectivity index (χ2n) is 7.03. The third-order valence-corrected chi connectivity index (χ3v) is 3.56. The average Bonchev–Trinajstić information content (AvgIpc) is 2.52. The van der Waals surface area contributed by atoms with Crippen LogP contribution in [-0.4, -0.2) is 33.2 Å². The van der Waals surface area contributed by atoms with Crippen LogP contribution in [0, 0.1) is 12.8 Å². The summed E-state index contributed by atoms with van der Waals surface area (Å²) < 4.78 is 10.5. The Kier molecular flexibility index (Phi) is 6.10. The minimum absolute atomic E-state index is 0.111. The van der Waals surface area contributed by atoms with E-state index in [0.29, 0.717) is 24.1 Å². The smallest absolute Gasteiger partial charge is 0.412 e. The molecule has 140 valence electrons. The van der Waals surface area contributed by atoms with E-state index in [1.165, 1.54) is 6.20 Å². The van der Waals surface area contributed by atoms with E-state index >= 15 is 0 Å². The van der Waals surface area contributed by atoms with Crippen molar-refractivity contribution in [1.82, 2.24) is 15.0 Å². The normalized spacial score (nSPS) is 13.3. The van der Waals surface area contributed by atoms with Crippen LogP contribution in [0.4, 0.5) is 4.79 Å². The van der Waals surface area contributed by atoms with Crippen LogP contribution in [0.3, 0.4) is 0 Å². The highest BCUT2D eigenvalue weighted by molar-refractivity contribution is 5.67. The fraction of sp³-hybridized carbons (Fsp3) is 0.444. The molecule has 2 heterocycles. The van der Waals surface area contributed by atoms with Gasteiger partial charge in [-0.05, 0) is 38.3 Å². The number of carbonyl (C=O) groups is 1. The van der Waals surface area contributed by atoms with Crippen LogP contribution in [-0.2, 0) is 0 Å². The fourth-order valence-corrected chi connectivity index (χ4v) is 2.72. The number of pyridine rings is 1. The highest BCUT2D eigenvalue weighted by atomic mass is 16.6. The van der Waals surface area contributed by atoms with Gasteiger partial charge in [-0.2, -0.15) is 4.98 Å². The molecule has 0 radical (unpaired) electrons. The van der Waals surface area contributed by atoms with Crippen molar-refractivity contribution in [1.29, 1.82) is 0 Å². The quantitative estimate of drug-likeness (QED) is 0.777. The summed E-state index contributed by atoms with van der Waals surface area (Å²) in [6.45, 7) is 8.49. The number of primary amides is 1. The van der Waals surface area contributed by atoms with Gasteiger partial charge in [0.1, 0.15) is 6.61 Å². The third-order valence-electron chi connectivity index (χ3n) is 3.56. The van der Waals surface area contributed by atoms with Crippen LogP contribution < -0.4 is 20.9 Å². The van der Waals surface area contributed by atoms with E-state index < -0.39 is 11.6 Å². The van der Waals surface area contributed by atoms with E-state index in [1.807, 2.05) is 19.9 Å². The first kappa shape index (κ1) is 19.6. The summed E-state index contributed by atoms with van der Waals surface area (Å²) >= 11 is 0. The third kappa shape index (κ3) is 5.66. The number of aryl methyl sites for hydroxylation is 1. The Labute approximate surface area is 153 Å². The largest absolute Gasteiger partial charge is 0.476 e. The second-order valence-corrected chi connectivity index (χ2v) is 7.03. The van der Waals surface area contributed by atoms with Gasteiger partial charge < -0.3 is 20.9 Å². The first-order chi connectivity index (χ1) is 12.2. The van der Waals surface area contributed by atoms with Crippen LogP contribution >= 0.6 is 0 Å². The number of carbonyl (C=O) groups excluding carboxylic acids is 1. The SMILES string of the molecule is Cc1cc(-c2ccnc(OC(N)=O)n2)cnc1OC[C@](C)(N)CC(C)C. The zero-order valence-electron chi connectivity index (χ0n) is 15.5. The van der Waals surface area contributed by atoms with E-state index in [9.17, 15) is 4.79 Å². The zero-order valence-corrected chi connectivity index (χ0v) is 15.5. The molecule has 2 aromatic heterocycles. The summed E-state index contributed by atoms with van der Waals surface area (Å²) in [5, 5.41) is 0. The summed E-state index contributed by atoms with van der Waals surface area (Å²) in [6.07, 6.45) is 3.00. The molecule has 0 aliphatic heterocycles. The van der Waals surface area contributed by atoms with Crippen molar-refractivity contribution >= 4 is 6.09 Å². The Morgan fingerprint density at radius 3 is 2.69 bits per heavy atom. The maximum atomic E-state index is 10.8. The van der Waals surface area contributed by atoms with Gasteiger partial charge in [0.15, 0.2) is 0 Å². The highest BCUT2D eigenvalue weighted by Gasteiger charge is 2.21. The molecule has 0 unspecified atom stereocenters. The van der Waals surface area contributed by atoms with Crippen molar-refractivity contribution in [2.75, 3.05) is 6.61 Å². The van der Waals surface area contributed by atoms with Crippen molar-refractivity contribution in [2.45, 2.75) is 39.7 Å². The molecule has 4 N–H and O–H groups in total. The molecule has 0 saturated heterocycles. The van der Waals surface area contributed by atoms with Gasteiger partial charge in [0.05, 0.1) is 5.69 Å². The maximum Gasteiger partial charge on any atom is 0.412 e. The second kappa shape index (κ2) is 8.09. The van der Waals surface area contributed by atoms with Gasteiger partial charge in [0.25, 0.3) is 0 Å². The molecule has 0 aliphatic carbocycles. The molecule has 2 aromatic rings. The lowest BCUT2D eigenvalue weighted by Gasteiger charge is -2.26. The molecular formula is C18H25N5O3. The summed E-state index contributed by atoms with van der Waals surface area (Å²) in [7, 11) is 0. The predicted molar refractivity (Wildman–Crippen MR) is 97.8 cm³/mol. The van der Waals surface area contributed by atoms with Crippen LogP contribution in [0.25, 0.3) is 11.3 Å². The summed E-state index contributed by atoms with van der Waals surface area (Å²) in [4.78, 5) is 23.1. The summed E-state index contributed by atoms with van der Waals surface area (Å²) in [5.74, 6) is 1.01. The van der Waals surface area contributed by atoms with Gasteiger partial charge in [0.2, 0.25) is 5.88 Å². The minimum atomic E-state index is -0.966. The van der Waals surface area contributed by atoms with Crippen LogP contribution in [0.2, 0.25) is 0 Å². The number of aromatic nitrogens is 3. The number of hydrogen-bond donors (Lipinski definition) is 2. The Morgan fingerprint density at radius 1 is 1.35 bits per heavy atom. The topological polar surface area (TPSA) is 126 Å². The molecule has 8 heteroatoms. The lowest BCUT2D eigenvalue weighted by atomic mass is 9.93. The molecule has 2 rings (SSSR count). The number of nitrogens with two attached hydrogens (primary N) is 2. The van der Waals surface area contributed by atoms with Crippen molar-refractivity contribution in [3.05, 3.63) is 30.1 Å². The van der Waals surface area contributed by atoms with Crippen molar-refractivity contribution in [3.63, 3.8) is 0 Å². The monoisotopic (exact) mass is 359 g/mol. The first-order valence-corrected chi connectivity index (χ1v) is 8.35. The van der Waals surface area contributed by atoms with Crippen LogP contribution in [0.1, 0.15) is 32.8 Å². The van der Waals surface area contributed by atoms with E-state index in [1.54, 1.807) is 12.3 Å².